The van der Waals surface area contributed by atoms with E-state index in [0.29, 0.717) is 26.9 Å². The molecule has 31 heavy (non-hydrogen) atoms. The number of hydrogen-bond donors (Lipinski definition) is 2. The quantitative estimate of drug-likeness (QED) is 0.464. The van der Waals surface area contributed by atoms with Gasteiger partial charge in [0.1, 0.15) is 5.82 Å². The van der Waals surface area contributed by atoms with Crippen molar-refractivity contribution in [1.29, 1.82) is 0 Å². The molecule has 0 aliphatic carbocycles. The van der Waals surface area contributed by atoms with Crippen LogP contribution in [0.5, 0.6) is 0 Å². The highest BCUT2D eigenvalue weighted by Crippen LogP contribution is 2.34. The molecule has 3 amide bonds. The largest absolute Gasteiger partial charge is 0.416 e. The van der Waals surface area contributed by atoms with E-state index in [4.69, 9.17) is 0 Å². The number of pyridine rings is 1. The van der Waals surface area contributed by atoms with Gasteiger partial charge < -0.3 is 0 Å². The number of imide groups is 1. The molecule has 0 aliphatic rings. The fourth-order valence-electron chi connectivity index (χ4n) is 3.15. The Morgan fingerprint density at radius 3 is 2.35 bits per heavy atom. The molecular weight excluding hydrogens is 475 g/mol. The Hall–Kier alpha value is -3.20. The SMILES string of the molecule is Cc1cc(NC(=O)NC(=O)c2ccccc2Br)nc(C)c1-c1cccc(C(F)(F)F)c1. The summed E-state index contributed by atoms with van der Waals surface area (Å²) in [4.78, 5) is 28.7. The van der Waals surface area contributed by atoms with Gasteiger partial charge in [0.05, 0.1) is 11.1 Å². The first kappa shape index (κ1) is 22.5. The van der Waals surface area contributed by atoms with Crippen LogP contribution in [0.1, 0.15) is 27.2 Å². The molecule has 0 atom stereocenters. The lowest BCUT2D eigenvalue weighted by molar-refractivity contribution is -0.137. The average molecular weight is 492 g/mol. The minimum absolute atomic E-state index is 0.170. The van der Waals surface area contributed by atoms with Gasteiger partial charge in [0.25, 0.3) is 5.91 Å². The average Bonchev–Trinajstić information content (AvgIpc) is 2.67. The summed E-state index contributed by atoms with van der Waals surface area (Å²) in [6.45, 7) is 3.34. The lowest BCUT2D eigenvalue weighted by Crippen LogP contribution is -2.34. The number of aromatic nitrogens is 1. The van der Waals surface area contributed by atoms with Gasteiger partial charge in [-0.1, -0.05) is 24.3 Å². The zero-order valence-corrected chi connectivity index (χ0v) is 18.1. The molecule has 0 spiro atoms. The standard InChI is InChI=1S/C22H17BrF3N3O2/c1-12-10-18(28-21(31)29-20(30)16-8-3-4-9-17(16)23)27-13(2)19(12)14-6-5-7-15(11-14)22(24,25)26/h3-11H,1-2H3,(H2,27,28,29,30,31). The third-order valence-electron chi connectivity index (χ3n) is 4.46. The number of rotatable bonds is 3. The van der Waals surface area contributed by atoms with Gasteiger partial charge in [-0.3, -0.25) is 15.4 Å². The van der Waals surface area contributed by atoms with Crippen molar-refractivity contribution in [3.8, 4) is 11.1 Å². The highest BCUT2D eigenvalue weighted by molar-refractivity contribution is 9.10. The van der Waals surface area contributed by atoms with Crippen LogP contribution in [0.3, 0.4) is 0 Å². The Balaban J connectivity index is 1.80. The Morgan fingerprint density at radius 2 is 1.71 bits per heavy atom. The molecule has 2 N–H and O–H groups in total. The van der Waals surface area contributed by atoms with Gasteiger partial charge in [0.15, 0.2) is 0 Å². The molecule has 0 aliphatic heterocycles. The molecule has 0 saturated carbocycles. The highest BCUT2D eigenvalue weighted by Gasteiger charge is 2.30. The van der Waals surface area contributed by atoms with Gasteiger partial charge in [0, 0.05) is 15.7 Å². The van der Waals surface area contributed by atoms with E-state index in [1.54, 1.807) is 44.2 Å². The van der Waals surface area contributed by atoms with Crippen molar-refractivity contribution in [3.63, 3.8) is 0 Å². The summed E-state index contributed by atoms with van der Waals surface area (Å²) < 4.78 is 39.7. The second-order valence-corrected chi connectivity index (χ2v) is 7.61. The lowest BCUT2D eigenvalue weighted by Gasteiger charge is -2.14. The number of carbonyl (C=O) groups excluding carboxylic acids is 2. The van der Waals surface area contributed by atoms with Crippen LogP contribution in [0.15, 0.2) is 59.1 Å². The molecule has 1 heterocycles. The van der Waals surface area contributed by atoms with Gasteiger partial charge in [-0.05, 0) is 71.2 Å². The molecular formula is C22H17BrF3N3O2. The molecule has 0 bridgehead atoms. The minimum atomic E-state index is -4.45. The summed E-state index contributed by atoms with van der Waals surface area (Å²) in [5.41, 5.74) is 1.51. The summed E-state index contributed by atoms with van der Waals surface area (Å²) >= 11 is 3.24. The number of alkyl halides is 3. The van der Waals surface area contributed by atoms with Gasteiger partial charge in [0.2, 0.25) is 0 Å². The molecule has 0 saturated heterocycles. The monoisotopic (exact) mass is 491 g/mol. The van der Waals surface area contributed by atoms with Crippen LogP contribution >= 0.6 is 15.9 Å². The third kappa shape index (κ3) is 5.29. The van der Waals surface area contributed by atoms with E-state index < -0.39 is 23.7 Å². The molecule has 0 radical (unpaired) electrons. The molecule has 0 unspecified atom stereocenters. The molecule has 1 aromatic heterocycles. The van der Waals surface area contributed by atoms with E-state index in [1.807, 2.05) is 0 Å². The summed E-state index contributed by atoms with van der Waals surface area (Å²) in [7, 11) is 0. The molecule has 2 aromatic carbocycles. The van der Waals surface area contributed by atoms with Crippen molar-refractivity contribution in [2.24, 2.45) is 0 Å². The van der Waals surface area contributed by atoms with Crippen LogP contribution in [0.25, 0.3) is 11.1 Å². The van der Waals surface area contributed by atoms with E-state index >= 15 is 0 Å². The first-order chi connectivity index (χ1) is 14.6. The fourth-order valence-corrected chi connectivity index (χ4v) is 3.61. The molecule has 9 heteroatoms. The summed E-state index contributed by atoms with van der Waals surface area (Å²) in [6.07, 6.45) is -4.45. The predicted molar refractivity (Wildman–Crippen MR) is 115 cm³/mol. The number of nitrogens with zero attached hydrogens (tertiary/aromatic N) is 1. The molecule has 160 valence electrons. The number of urea groups is 1. The number of nitrogens with one attached hydrogen (secondary N) is 2. The van der Waals surface area contributed by atoms with E-state index in [9.17, 15) is 22.8 Å². The number of anilines is 1. The van der Waals surface area contributed by atoms with Crippen LogP contribution in [0.4, 0.5) is 23.8 Å². The molecule has 3 rings (SSSR count). The van der Waals surface area contributed by atoms with Crippen molar-refractivity contribution in [2.45, 2.75) is 20.0 Å². The molecule has 3 aromatic rings. The van der Waals surface area contributed by atoms with Gasteiger partial charge in [-0.25, -0.2) is 9.78 Å². The van der Waals surface area contributed by atoms with E-state index in [0.717, 1.165) is 12.1 Å². The third-order valence-corrected chi connectivity index (χ3v) is 5.15. The first-order valence-corrected chi connectivity index (χ1v) is 9.88. The Labute approximate surface area is 184 Å². The molecule has 5 nitrogen and oxygen atoms in total. The van der Waals surface area contributed by atoms with Crippen LogP contribution < -0.4 is 10.6 Å². The lowest BCUT2D eigenvalue weighted by atomic mass is 9.97. The van der Waals surface area contributed by atoms with Crippen LogP contribution in [-0.2, 0) is 6.18 Å². The van der Waals surface area contributed by atoms with E-state index in [1.165, 1.54) is 12.1 Å². The highest BCUT2D eigenvalue weighted by atomic mass is 79.9. The smallest absolute Gasteiger partial charge is 0.292 e. The number of hydrogen-bond acceptors (Lipinski definition) is 3. The summed E-state index contributed by atoms with van der Waals surface area (Å²) in [6, 6.07) is 12.4. The van der Waals surface area contributed by atoms with Crippen LogP contribution in [-0.4, -0.2) is 16.9 Å². The summed E-state index contributed by atoms with van der Waals surface area (Å²) in [5.74, 6) is -0.429. The molecule has 0 fully saturated rings. The topological polar surface area (TPSA) is 71.1 Å². The second kappa shape index (κ2) is 8.89. The number of carbonyl (C=O) groups is 2. The zero-order chi connectivity index (χ0) is 22.8. The van der Waals surface area contributed by atoms with Crippen molar-refractivity contribution in [2.75, 3.05) is 5.32 Å². The number of benzene rings is 2. The fraction of sp³-hybridized carbons (Fsp3) is 0.136. The van der Waals surface area contributed by atoms with E-state index in [2.05, 4.69) is 31.5 Å². The Morgan fingerprint density at radius 1 is 1.00 bits per heavy atom. The normalized spacial score (nSPS) is 11.2. The maximum atomic E-state index is 13.0. The zero-order valence-electron chi connectivity index (χ0n) is 16.5. The predicted octanol–water partition coefficient (Wildman–Crippen LogP) is 6.11. The van der Waals surface area contributed by atoms with Gasteiger partial charge >= 0.3 is 12.2 Å². The van der Waals surface area contributed by atoms with Crippen molar-refractivity contribution in [1.82, 2.24) is 10.3 Å². The maximum Gasteiger partial charge on any atom is 0.416 e. The van der Waals surface area contributed by atoms with Gasteiger partial charge in [-0.2, -0.15) is 13.2 Å². The first-order valence-electron chi connectivity index (χ1n) is 9.09. The number of amides is 3. The van der Waals surface area contributed by atoms with Gasteiger partial charge in [-0.15, -0.1) is 0 Å². The van der Waals surface area contributed by atoms with Crippen molar-refractivity contribution >= 4 is 33.7 Å². The van der Waals surface area contributed by atoms with E-state index in [-0.39, 0.29) is 11.4 Å². The van der Waals surface area contributed by atoms with Crippen LogP contribution in [0, 0.1) is 13.8 Å². The minimum Gasteiger partial charge on any atom is -0.292 e. The van der Waals surface area contributed by atoms with Crippen LogP contribution in [0.2, 0.25) is 0 Å². The summed E-state index contributed by atoms with van der Waals surface area (Å²) in [5, 5.41) is 4.69. The van der Waals surface area contributed by atoms with Crippen molar-refractivity contribution < 1.29 is 22.8 Å². The second-order valence-electron chi connectivity index (χ2n) is 6.75. The number of aryl methyl sites for hydroxylation is 2. The number of halogens is 4. The maximum absolute atomic E-state index is 13.0. The Kier molecular flexibility index (Phi) is 6.45. The Bertz CT molecular complexity index is 1140. The van der Waals surface area contributed by atoms with Crippen molar-refractivity contribution in [3.05, 3.63) is 81.5 Å².